The molecule has 0 saturated carbocycles. The summed E-state index contributed by atoms with van der Waals surface area (Å²) < 4.78 is 89.4. The highest BCUT2D eigenvalue weighted by Gasteiger charge is 2.37. The van der Waals surface area contributed by atoms with E-state index in [9.17, 15) is 35.5 Å². The van der Waals surface area contributed by atoms with Crippen LogP contribution in [0.25, 0.3) is 0 Å². The molecule has 2 amide bonds. The zero-order valence-electron chi connectivity index (χ0n) is 11.8. The number of aromatic nitrogens is 1. The van der Waals surface area contributed by atoms with Crippen LogP contribution >= 0.6 is 0 Å². The van der Waals surface area contributed by atoms with Gasteiger partial charge >= 0.3 is 18.8 Å². The van der Waals surface area contributed by atoms with Crippen molar-refractivity contribution in [2.75, 3.05) is 0 Å². The average Bonchev–Trinajstić information content (AvgIpc) is 2.42. The molecule has 0 aliphatic heterocycles. The molecule has 0 aromatic carbocycles. The van der Waals surface area contributed by atoms with Gasteiger partial charge in [0.1, 0.15) is 0 Å². The molecule has 1 atom stereocenters. The molecule has 0 saturated heterocycles. The van der Waals surface area contributed by atoms with Gasteiger partial charge in [-0.2, -0.15) is 22.0 Å². The molecule has 12 heteroatoms. The van der Waals surface area contributed by atoms with Gasteiger partial charge in [0.25, 0.3) is 6.43 Å². The molecule has 136 valence electrons. The number of nitrogens with one attached hydrogen (secondary N) is 2. The number of rotatable bonds is 7. The average molecular weight is 363 g/mol. The molecular weight excluding hydrogens is 351 g/mol. The fourth-order valence-electron chi connectivity index (χ4n) is 1.57. The van der Waals surface area contributed by atoms with Crippen LogP contribution in [0.3, 0.4) is 0 Å². The van der Waals surface area contributed by atoms with Gasteiger partial charge in [-0.05, 0) is 11.6 Å². The first-order valence-corrected chi connectivity index (χ1v) is 6.36. The molecule has 0 radical (unpaired) electrons. The molecule has 1 aromatic rings. The van der Waals surface area contributed by atoms with Gasteiger partial charge in [0.2, 0.25) is 5.88 Å². The Bertz CT molecular complexity index is 540. The summed E-state index contributed by atoms with van der Waals surface area (Å²) in [5.41, 5.74) is 0.222. The van der Waals surface area contributed by atoms with Crippen LogP contribution in [0.15, 0.2) is 18.3 Å². The number of hydrogen-bond acceptors (Lipinski definition) is 3. The van der Waals surface area contributed by atoms with E-state index in [1.807, 2.05) is 5.32 Å². The van der Waals surface area contributed by atoms with Crippen LogP contribution in [0.2, 0.25) is 0 Å². The van der Waals surface area contributed by atoms with E-state index in [0.717, 1.165) is 12.3 Å². The van der Waals surface area contributed by atoms with E-state index < -0.39 is 43.6 Å². The second-order valence-corrected chi connectivity index (χ2v) is 4.47. The van der Waals surface area contributed by atoms with Crippen LogP contribution in [0.1, 0.15) is 12.0 Å². The van der Waals surface area contributed by atoms with Crippen LogP contribution in [-0.4, -0.2) is 36.3 Å². The van der Waals surface area contributed by atoms with Crippen molar-refractivity contribution in [1.82, 2.24) is 15.6 Å². The van der Waals surface area contributed by atoms with Crippen molar-refractivity contribution < 1.29 is 40.3 Å². The first kappa shape index (κ1) is 19.8. The topological polar surface area (TPSA) is 63.2 Å². The number of alkyl halides is 7. The Labute approximate surface area is 131 Å². The third-order valence-electron chi connectivity index (χ3n) is 2.53. The third kappa shape index (κ3) is 7.83. The van der Waals surface area contributed by atoms with Crippen molar-refractivity contribution in [3.63, 3.8) is 0 Å². The first-order valence-electron chi connectivity index (χ1n) is 6.36. The largest absolute Gasteiger partial charge is 0.417 e. The van der Waals surface area contributed by atoms with Crippen molar-refractivity contribution in [2.45, 2.75) is 38.2 Å². The van der Waals surface area contributed by atoms with E-state index in [1.165, 1.54) is 11.4 Å². The number of carbonyl (C=O) groups is 1. The predicted octanol–water partition coefficient (Wildman–Crippen LogP) is 3.07. The maximum absolute atomic E-state index is 12.5. The summed E-state index contributed by atoms with van der Waals surface area (Å²) in [5, 5.41) is 3.53. The van der Waals surface area contributed by atoms with Crippen molar-refractivity contribution in [3.8, 4) is 5.88 Å². The minimum Gasteiger partial charge on any atom is -0.417 e. The minimum atomic E-state index is -4.87. The summed E-state index contributed by atoms with van der Waals surface area (Å²) in [5.74, 6) is -0.438. The van der Waals surface area contributed by atoms with Crippen LogP contribution in [0.5, 0.6) is 5.88 Å². The number of amides is 2. The molecule has 0 fully saturated rings. The van der Waals surface area contributed by atoms with Crippen LogP contribution in [0, 0.1) is 0 Å². The Kier molecular flexibility index (Phi) is 7.04. The molecule has 24 heavy (non-hydrogen) atoms. The first-order chi connectivity index (χ1) is 11.1. The summed E-state index contributed by atoms with van der Waals surface area (Å²) in [7, 11) is 0. The Morgan fingerprint density at radius 1 is 1.25 bits per heavy atom. The highest BCUT2D eigenvalue weighted by molar-refractivity contribution is 5.74. The molecule has 0 aliphatic carbocycles. The molecule has 0 aliphatic rings. The van der Waals surface area contributed by atoms with E-state index in [2.05, 4.69) is 9.72 Å². The lowest BCUT2D eigenvalue weighted by molar-refractivity contribution is -0.147. The fourth-order valence-corrected chi connectivity index (χ4v) is 1.57. The lowest BCUT2D eigenvalue weighted by atomic mass is 10.2. The fraction of sp³-hybridized carbons (Fsp3) is 0.500. The second-order valence-electron chi connectivity index (χ2n) is 4.47. The van der Waals surface area contributed by atoms with E-state index >= 15 is 0 Å². The lowest BCUT2D eigenvalue weighted by Gasteiger charge is -2.19. The quantitative estimate of drug-likeness (QED) is 0.732. The van der Waals surface area contributed by atoms with Gasteiger partial charge < -0.3 is 15.4 Å². The molecule has 5 nitrogen and oxygen atoms in total. The standard InChI is InChI=1S/C12H12F7N3O2/c13-9(14)7(4-12(17,18)19)22-11(23)21-5-6-1-2-20-8(3-6)24-10(15)16/h1-3,7,9-10H,4-5H2,(H2,21,22,23). The Morgan fingerprint density at radius 3 is 2.46 bits per heavy atom. The minimum absolute atomic E-state index is 0.222. The second kappa shape index (κ2) is 8.55. The highest BCUT2D eigenvalue weighted by atomic mass is 19.4. The molecule has 1 rings (SSSR count). The van der Waals surface area contributed by atoms with E-state index in [0.29, 0.717) is 0 Å². The lowest BCUT2D eigenvalue weighted by Crippen LogP contribution is -2.47. The van der Waals surface area contributed by atoms with Crippen molar-refractivity contribution in [3.05, 3.63) is 23.9 Å². The zero-order valence-corrected chi connectivity index (χ0v) is 11.8. The number of carbonyl (C=O) groups excluding carboxylic acids is 1. The summed E-state index contributed by atoms with van der Waals surface area (Å²) in [6.45, 7) is -3.44. The van der Waals surface area contributed by atoms with Crippen molar-refractivity contribution in [2.24, 2.45) is 0 Å². The Balaban J connectivity index is 2.55. The van der Waals surface area contributed by atoms with E-state index in [4.69, 9.17) is 0 Å². The summed E-state index contributed by atoms with van der Waals surface area (Å²) >= 11 is 0. The van der Waals surface area contributed by atoms with Gasteiger partial charge in [-0.15, -0.1) is 0 Å². The number of urea groups is 1. The van der Waals surface area contributed by atoms with Crippen molar-refractivity contribution in [1.29, 1.82) is 0 Å². The Hall–Kier alpha value is -2.27. The highest BCUT2D eigenvalue weighted by Crippen LogP contribution is 2.24. The summed E-state index contributed by atoms with van der Waals surface area (Å²) in [4.78, 5) is 14.9. The molecule has 2 N–H and O–H groups in total. The molecule has 0 bridgehead atoms. The Morgan fingerprint density at radius 2 is 1.92 bits per heavy atom. The maximum atomic E-state index is 12.5. The normalized spacial score (nSPS) is 13.0. The van der Waals surface area contributed by atoms with Gasteiger partial charge in [0, 0.05) is 18.8 Å². The smallest absolute Gasteiger partial charge is 0.391 e. The van der Waals surface area contributed by atoms with E-state index in [-0.39, 0.29) is 12.1 Å². The van der Waals surface area contributed by atoms with Crippen LogP contribution < -0.4 is 15.4 Å². The molecular formula is C12H12F7N3O2. The predicted molar refractivity (Wildman–Crippen MR) is 66.7 cm³/mol. The number of halogens is 7. The maximum Gasteiger partial charge on any atom is 0.391 e. The molecule has 1 unspecified atom stereocenters. The number of nitrogens with zero attached hydrogens (tertiary/aromatic N) is 1. The number of pyridine rings is 1. The van der Waals surface area contributed by atoms with Crippen LogP contribution in [0.4, 0.5) is 35.5 Å². The summed E-state index contributed by atoms with van der Waals surface area (Å²) in [6, 6.07) is -1.32. The van der Waals surface area contributed by atoms with Crippen molar-refractivity contribution >= 4 is 6.03 Å². The molecule has 0 spiro atoms. The summed E-state index contributed by atoms with van der Waals surface area (Å²) in [6.07, 6.45) is -9.08. The SMILES string of the molecule is O=C(NCc1ccnc(OC(F)F)c1)NC(CC(F)(F)F)C(F)F. The number of hydrogen-bond donors (Lipinski definition) is 2. The van der Waals surface area contributed by atoms with Gasteiger partial charge in [-0.25, -0.2) is 18.6 Å². The van der Waals surface area contributed by atoms with Gasteiger partial charge in [0.05, 0.1) is 12.5 Å². The zero-order chi connectivity index (χ0) is 18.3. The monoisotopic (exact) mass is 363 g/mol. The van der Waals surface area contributed by atoms with E-state index in [1.54, 1.807) is 0 Å². The number of ether oxygens (including phenoxy) is 1. The third-order valence-corrected chi connectivity index (χ3v) is 2.53. The van der Waals surface area contributed by atoms with Gasteiger partial charge in [-0.3, -0.25) is 0 Å². The van der Waals surface area contributed by atoms with Gasteiger partial charge in [-0.1, -0.05) is 0 Å². The molecule has 1 aromatic heterocycles. The molecule has 1 heterocycles. The van der Waals surface area contributed by atoms with Crippen LogP contribution in [-0.2, 0) is 6.54 Å². The van der Waals surface area contributed by atoms with Gasteiger partial charge in [0.15, 0.2) is 0 Å².